The van der Waals surface area contributed by atoms with Crippen LogP contribution in [0.1, 0.15) is 54.7 Å². The number of ether oxygens (including phenoxy) is 1. The van der Waals surface area contributed by atoms with Crippen LogP contribution in [0.25, 0.3) is 0 Å². The summed E-state index contributed by atoms with van der Waals surface area (Å²) in [7, 11) is 0. The molecule has 0 radical (unpaired) electrons. The maximum atomic E-state index is 12.4. The van der Waals surface area contributed by atoms with Gasteiger partial charge in [-0.3, -0.25) is 9.48 Å². The van der Waals surface area contributed by atoms with Crippen molar-refractivity contribution in [1.29, 1.82) is 0 Å². The molecule has 0 bridgehead atoms. The van der Waals surface area contributed by atoms with Crippen molar-refractivity contribution in [2.24, 2.45) is 0 Å². The van der Waals surface area contributed by atoms with E-state index in [1.54, 1.807) is 12.3 Å². The lowest BCUT2D eigenvalue weighted by atomic mass is 9.93. The molecule has 1 amide bonds. The van der Waals surface area contributed by atoms with Crippen LogP contribution in [0.4, 0.5) is 5.82 Å². The van der Waals surface area contributed by atoms with Crippen molar-refractivity contribution < 1.29 is 9.53 Å². The van der Waals surface area contributed by atoms with E-state index in [1.165, 1.54) is 6.42 Å². The number of carbonyl (C=O) groups excluding carboxylic acids is 1. The van der Waals surface area contributed by atoms with Gasteiger partial charge in [-0.2, -0.15) is 10.2 Å². The minimum absolute atomic E-state index is 0.183. The van der Waals surface area contributed by atoms with Gasteiger partial charge in [0, 0.05) is 25.5 Å². The largest absolute Gasteiger partial charge is 0.381 e. The minimum Gasteiger partial charge on any atom is -0.381 e. The molecule has 1 saturated heterocycles. The highest BCUT2D eigenvalue weighted by Crippen LogP contribution is 2.33. The second kappa shape index (κ2) is 6.16. The highest BCUT2D eigenvalue weighted by atomic mass is 16.5. The quantitative estimate of drug-likeness (QED) is 0.940. The van der Waals surface area contributed by atoms with Crippen LogP contribution in [0.3, 0.4) is 0 Å². The molecular formula is C16H21N5O2. The second-order valence-electron chi connectivity index (χ2n) is 6.22. The van der Waals surface area contributed by atoms with Crippen LogP contribution in [0, 0.1) is 0 Å². The van der Waals surface area contributed by atoms with Gasteiger partial charge in [0.2, 0.25) is 0 Å². The third-order valence-corrected chi connectivity index (χ3v) is 4.74. The number of anilines is 1. The van der Waals surface area contributed by atoms with Gasteiger partial charge in [0.05, 0.1) is 18.3 Å². The molecule has 1 aliphatic carbocycles. The first-order chi connectivity index (χ1) is 11.3. The molecule has 1 saturated carbocycles. The fourth-order valence-electron chi connectivity index (χ4n) is 3.13. The van der Waals surface area contributed by atoms with Gasteiger partial charge < -0.3 is 10.1 Å². The maximum absolute atomic E-state index is 12.4. The minimum atomic E-state index is -0.183. The summed E-state index contributed by atoms with van der Waals surface area (Å²) >= 11 is 0. The monoisotopic (exact) mass is 315 g/mol. The molecule has 1 N–H and O–H groups in total. The molecule has 3 heterocycles. The van der Waals surface area contributed by atoms with Gasteiger partial charge in [-0.05, 0) is 38.2 Å². The summed E-state index contributed by atoms with van der Waals surface area (Å²) < 4.78 is 9.17. The lowest BCUT2D eigenvalue weighted by Gasteiger charge is -2.27. The van der Waals surface area contributed by atoms with Crippen LogP contribution in [0.2, 0.25) is 0 Å². The summed E-state index contributed by atoms with van der Waals surface area (Å²) in [5, 5.41) is 11.7. The standard InChI is InChI=1S/C16H21N5O2/c22-16(18-15-4-8-17-21(15)13-2-1-3-13)14-5-9-20(19-14)12-6-10-23-11-7-12/h4-5,8-9,12-13H,1-3,6-7,10-11H2,(H,18,22). The number of nitrogens with one attached hydrogen (secondary N) is 1. The number of rotatable bonds is 4. The van der Waals surface area contributed by atoms with Crippen molar-refractivity contribution >= 4 is 11.7 Å². The molecule has 7 nitrogen and oxygen atoms in total. The number of hydrogen-bond donors (Lipinski definition) is 1. The van der Waals surface area contributed by atoms with Crippen LogP contribution >= 0.6 is 0 Å². The smallest absolute Gasteiger partial charge is 0.277 e. The molecule has 0 atom stereocenters. The zero-order chi connectivity index (χ0) is 15.6. The van der Waals surface area contributed by atoms with E-state index in [9.17, 15) is 4.79 Å². The Kier molecular flexibility index (Phi) is 3.87. The summed E-state index contributed by atoms with van der Waals surface area (Å²) in [6.45, 7) is 1.51. The Morgan fingerprint density at radius 1 is 1.17 bits per heavy atom. The SMILES string of the molecule is O=C(Nc1ccnn1C1CCC1)c1ccn(C2CCOCC2)n1. The molecular weight excluding hydrogens is 294 g/mol. The van der Waals surface area contributed by atoms with E-state index < -0.39 is 0 Å². The highest BCUT2D eigenvalue weighted by Gasteiger charge is 2.23. The van der Waals surface area contributed by atoms with Crippen LogP contribution in [0.5, 0.6) is 0 Å². The zero-order valence-electron chi connectivity index (χ0n) is 13.0. The van der Waals surface area contributed by atoms with Gasteiger partial charge in [0.1, 0.15) is 5.82 Å². The molecule has 1 aliphatic heterocycles. The van der Waals surface area contributed by atoms with E-state index in [-0.39, 0.29) is 5.91 Å². The third kappa shape index (κ3) is 2.88. The Bertz CT molecular complexity index is 682. The number of carbonyl (C=O) groups is 1. The van der Waals surface area contributed by atoms with Gasteiger partial charge in [0.15, 0.2) is 5.69 Å². The predicted molar refractivity (Wildman–Crippen MR) is 84.4 cm³/mol. The van der Waals surface area contributed by atoms with E-state index in [0.717, 1.165) is 44.7 Å². The first-order valence-electron chi connectivity index (χ1n) is 8.29. The Morgan fingerprint density at radius 2 is 2.00 bits per heavy atom. The first-order valence-corrected chi connectivity index (χ1v) is 8.29. The van der Waals surface area contributed by atoms with Crippen molar-refractivity contribution in [3.63, 3.8) is 0 Å². The fraction of sp³-hybridized carbons (Fsp3) is 0.562. The summed E-state index contributed by atoms with van der Waals surface area (Å²) in [6.07, 6.45) is 8.98. The molecule has 23 heavy (non-hydrogen) atoms. The van der Waals surface area contributed by atoms with E-state index in [1.807, 2.05) is 21.6 Å². The van der Waals surface area contributed by atoms with E-state index >= 15 is 0 Å². The van der Waals surface area contributed by atoms with Crippen LogP contribution < -0.4 is 5.32 Å². The number of aromatic nitrogens is 4. The summed E-state index contributed by atoms with van der Waals surface area (Å²) in [5.74, 6) is 0.567. The summed E-state index contributed by atoms with van der Waals surface area (Å²) in [4.78, 5) is 12.4. The maximum Gasteiger partial charge on any atom is 0.277 e. The average Bonchev–Trinajstić information content (AvgIpc) is 3.17. The third-order valence-electron chi connectivity index (χ3n) is 4.74. The molecule has 0 unspecified atom stereocenters. The molecule has 0 aromatic carbocycles. The van der Waals surface area contributed by atoms with E-state index in [2.05, 4.69) is 15.5 Å². The van der Waals surface area contributed by atoms with Crippen molar-refractivity contribution in [2.75, 3.05) is 18.5 Å². The van der Waals surface area contributed by atoms with Crippen LogP contribution in [0.15, 0.2) is 24.5 Å². The van der Waals surface area contributed by atoms with Gasteiger partial charge in [0.25, 0.3) is 5.91 Å². The van der Waals surface area contributed by atoms with Gasteiger partial charge in [-0.25, -0.2) is 4.68 Å². The van der Waals surface area contributed by atoms with Crippen LogP contribution in [-0.4, -0.2) is 38.7 Å². The number of amides is 1. The summed E-state index contributed by atoms with van der Waals surface area (Å²) in [5.41, 5.74) is 0.442. The summed E-state index contributed by atoms with van der Waals surface area (Å²) in [6, 6.07) is 4.35. The fourth-order valence-corrected chi connectivity index (χ4v) is 3.13. The molecule has 2 aromatic heterocycles. The first kappa shape index (κ1) is 14.4. The molecule has 2 fully saturated rings. The Balaban J connectivity index is 1.45. The molecule has 2 aliphatic rings. The van der Waals surface area contributed by atoms with E-state index in [4.69, 9.17) is 4.74 Å². The Morgan fingerprint density at radius 3 is 2.74 bits per heavy atom. The highest BCUT2D eigenvalue weighted by molar-refractivity contribution is 6.02. The number of nitrogens with zero attached hydrogens (tertiary/aromatic N) is 4. The van der Waals surface area contributed by atoms with Gasteiger partial charge in [-0.1, -0.05) is 0 Å². The van der Waals surface area contributed by atoms with Crippen molar-refractivity contribution in [2.45, 2.75) is 44.2 Å². The van der Waals surface area contributed by atoms with Crippen molar-refractivity contribution in [3.05, 3.63) is 30.2 Å². The molecule has 4 rings (SSSR count). The number of hydrogen-bond acceptors (Lipinski definition) is 4. The molecule has 0 spiro atoms. The van der Waals surface area contributed by atoms with Crippen molar-refractivity contribution in [3.8, 4) is 0 Å². The second-order valence-corrected chi connectivity index (χ2v) is 6.22. The Hall–Kier alpha value is -2.15. The predicted octanol–water partition coefficient (Wildman–Crippen LogP) is 2.41. The molecule has 122 valence electrons. The van der Waals surface area contributed by atoms with Crippen molar-refractivity contribution in [1.82, 2.24) is 19.6 Å². The van der Waals surface area contributed by atoms with Gasteiger partial charge >= 0.3 is 0 Å². The van der Waals surface area contributed by atoms with Gasteiger partial charge in [-0.15, -0.1) is 0 Å². The molecule has 2 aromatic rings. The average molecular weight is 315 g/mol. The topological polar surface area (TPSA) is 74.0 Å². The van der Waals surface area contributed by atoms with E-state index in [0.29, 0.717) is 17.8 Å². The lowest BCUT2D eigenvalue weighted by molar-refractivity contribution is 0.0661. The lowest BCUT2D eigenvalue weighted by Crippen LogP contribution is -2.23. The Labute approximate surface area is 134 Å². The normalized spacial score (nSPS) is 19.5. The van der Waals surface area contributed by atoms with Crippen LogP contribution in [-0.2, 0) is 4.74 Å². The molecule has 7 heteroatoms. The zero-order valence-corrected chi connectivity index (χ0v) is 13.0.